The first-order valence-corrected chi connectivity index (χ1v) is 9.98. The van der Waals surface area contributed by atoms with Gasteiger partial charge in [0.2, 0.25) is 0 Å². The Kier molecular flexibility index (Phi) is 7.07. The number of nitrogens with zero attached hydrogens (tertiary/aromatic N) is 1. The summed E-state index contributed by atoms with van der Waals surface area (Å²) in [6.45, 7) is 7.71. The summed E-state index contributed by atoms with van der Waals surface area (Å²) in [5, 5.41) is 6.63. The summed E-state index contributed by atoms with van der Waals surface area (Å²) in [7, 11) is 0. The monoisotopic (exact) mass is 422 g/mol. The number of carbonyl (C=O) groups is 2. The van der Waals surface area contributed by atoms with E-state index < -0.39 is 5.97 Å². The van der Waals surface area contributed by atoms with Crippen LogP contribution < -0.4 is 10.1 Å². The molecule has 1 heterocycles. The molecule has 2 aromatic carbocycles. The van der Waals surface area contributed by atoms with E-state index in [-0.39, 0.29) is 18.9 Å². The summed E-state index contributed by atoms with van der Waals surface area (Å²) in [5.41, 5.74) is 5.39. The fourth-order valence-electron chi connectivity index (χ4n) is 2.95. The Morgan fingerprint density at radius 2 is 1.74 bits per heavy atom. The van der Waals surface area contributed by atoms with Gasteiger partial charge in [0.1, 0.15) is 18.1 Å². The highest BCUT2D eigenvalue weighted by molar-refractivity contribution is 5.93. The standard InChI is InChI=1S/C24H26N2O5/c1-15-5-8-20(11-16(15)2)25-23(27)14-30-24(28)12-19-6-9-21(10-7-19)29-13-22-17(3)26-31-18(22)4/h5-11H,12-14H2,1-4H3,(H,25,27). The zero-order valence-corrected chi connectivity index (χ0v) is 18.2. The Bertz CT molecular complexity index is 1050. The number of benzene rings is 2. The number of carbonyl (C=O) groups excluding carboxylic acids is 2. The van der Waals surface area contributed by atoms with E-state index >= 15 is 0 Å². The fraction of sp³-hybridized carbons (Fsp3) is 0.292. The molecule has 0 unspecified atom stereocenters. The number of hydrogen-bond donors (Lipinski definition) is 1. The van der Waals surface area contributed by atoms with Crippen LogP contribution in [0.4, 0.5) is 5.69 Å². The number of hydrogen-bond acceptors (Lipinski definition) is 6. The predicted molar refractivity (Wildman–Crippen MR) is 116 cm³/mol. The third-order valence-corrected chi connectivity index (χ3v) is 4.99. The molecule has 0 radical (unpaired) electrons. The Morgan fingerprint density at radius 1 is 1.00 bits per heavy atom. The van der Waals surface area contributed by atoms with Crippen molar-refractivity contribution in [3.63, 3.8) is 0 Å². The normalized spacial score (nSPS) is 10.6. The highest BCUT2D eigenvalue weighted by atomic mass is 16.5. The molecule has 162 valence electrons. The van der Waals surface area contributed by atoms with Crippen LogP contribution in [0.25, 0.3) is 0 Å². The van der Waals surface area contributed by atoms with Crippen LogP contribution >= 0.6 is 0 Å². The van der Waals surface area contributed by atoms with E-state index in [0.717, 1.165) is 33.7 Å². The predicted octanol–water partition coefficient (Wildman–Crippen LogP) is 4.21. The molecule has 0 aliphatic carbocycles. The van der Waals surface area contributed by atoms with E-state index in [0.29, 0.717) is 18.0 Å². The largest absolute Gasteiger partial charge is 0.489 e. The molecule has 0 atom stereocenters. The van der Waals surface area contributed by atoms with Crippen LogP contribution in [0, 0.1) is 27.7 Å². The van der Waals surface area contributed by atoms with Crippen molar-refractivity contribution >= 4 is 17.6 Å². The fourth-order valence-corrected chi connectivity index (χ4v) is 2.95. The molecule has 3 rings (SSSR count). The van der Waals surface area contributed by atoms with Crippen LogP contribution in [-0.2, 0) is 27.4 Å². The maximum atomic E-state index is 12.1. The molecule has 1 aromatic heterocycles. The molecule has 3 aromatic rings. The zero-order chi connectivity index (χ0) is 22.4. The molecular formula is C24H26N2O5. The van der Waals surface area contributed by atoms with Crippen LogP contribution in [0.15, 0.2) is 47.0 Å². The number of esters is 1. The summed E-state index contributed by atoms with van der Waals surface area (Å²) in [4.78, 5) is 24.1. The Hall–Kier alpha value is -3.61. The van der Waals surface area contributed by atoms with Crippen LogP contribution in [0.5, 0.6) is 5.75 Å². The van der Waals surface area contributed by atoms with Gasteiger partial charge >= 0.3 is 5.97 Å². The first kappa shape index (κ1) is 22.1. The van der Waals surface area contributed by atoms with Crippen molar-refractivity contribution in [3.05, 3.63) is 76.2 Å². The van der Waals surface area contributed by atoms with Crippen molar-refractivity contribution in [2.75, 3.05) is 11.9 Å². The Balaban J connectivity index is 1.43. The minimum Gasteiger partial charge on any atom is -0.489 e. The second-order valence-corrected chi connectivity index (χ2v) is 7.42. The minimum absolute atomic E-state index is 0.0705. The summed E-state index contributed by atoms with van der Waals surface area (Å²) in [6, 6.07) is 12.8. The van der Waals surface area contributed by atoms with Gasteiger partial charge in [-0.15, -0.1) is 0 Å². The van der Waals surface area contributed by atoms with Gasteiger partial charge in [0.25, 0.3) is 5.91 Å². The van der Waals surface area contributed by atoms with E-state index in [2.05, 4.69) is 10.5 Å². The lowest BCUT2D eigenvalue weighted by molar-refractivity contribution is -0.146. The number of aryl methyl sites for hydroxylation is 4. The molecule has 31 heavy (non-hydrogen) atoms. The third-order valence-electron chi connectivity index (χ3n) is 4.99. The molecule has 0 aliphatic heterocycles. The van der Waals surface area contributed by atoms with Crippen molar-refractivity contribution < 1.29 is 23.6 Å². The molecule has 1 amide bonds. The van der Waals surface area contributed by atoms with Crippen LogP contribution in [0.1, 0.15) is 33.7 Å². The summed E-state index contributed by atoms with van der Waals surface area (Å²) >= 11 is 0. The van der Waals surface area contributed by atoms with Crippen LogP contribution in [0.2, 0.25) is 0 Å². The molecule has 0 saturated heterocycles. The average Bonchev–Trinajstić information content (AvgIpc) is 3.06. The van der Waals surface area contributed by atoms with Gasteiger partial charge in [-0.3, -0.25) is 9.59 Å². The van der Waals surface area contributed by atoms with E-state index in [9.17, 15) is 9.59 Å². The topological polar surface area (TPSA) is 90.7 Å². The first-order chi connectivity index (χ1) is 14.8. The summed E-state index contributed by atoms with van der Waals surface area (Å²) in [5.74, 6) is 0.558. The van der Waals surface area contributed by atoms with Gasteiger partial charge in [-0.05, 0) is 68.7 Å². The number of aromatic nitrogens is 1. The first-order valence-electron chi connectivity index (χ1n) is 9.98. The molecule has 0 bridgehead atoms. The maximum Gasteiger partial charge on any atom is 0.310 e. The molecule has 0 saturated carbocycles. The highest BCUT2D eigenvalue weighted by Gasteiger charge is 2.11. The number of rotatable bonds is 8. The van der Waals surface area contributed by atoms with Gasteiger partial charge in [-0.2, -0.15) is 0 Å². The molecule has 0 spiro atoms. The zero-order valence-electron chi connectivity index (χ0n) is 18.2. The van der Waals surface area contributed by atoms with Crippen LogP contribution in [0.3, 0.4) is 0 Å². The van der Waals surface area contributed by atoms with Gasteiger partial charge in [0.05, 0.1) is 17.7 Å². The second-order valence-electron chi connectivity index (χ2n) is 7.42. The van der Waals surface area contributed by atoms with Crippen molar-refractivity contribution in [1.29, 1.82) is 0 Å². The van der Waals surface area contributed by atoms with Crippen molar-refractivity contribution in [2.24, 2.45) is 0 Å². The molecule has 0 fully saturated rings. The maximum absolute atomic E-state index is 12.1. The van der Waals surface area contributed by atoms with Crippen LogP contribution in [-0.4, -0.2) is 23.6 Å². The van der Waals surface area contributed by atoms with Gasteiger partial charge in [0, 0.05) is 5.69 Å². The van der Waals surface area contributed by atoms with Gasteiger partial charge in [-0.25, -0.2) is 0 Å². The Labute approximate surface area is 181 Å². The lowest BCUT2D eigenvalue weighted by Crippen LogP contribution is -2.21. The number of ether oxygens (including phenoxy) is 2. The number of amides is 1. The second kappa shape index (κ2) is 9.93. The van der Waals surface area contributed by atoms with Crippen molar-refractivity contribution in [1.82, 2.24) is 5.16 Å². The quantitative estimate of drug-likeness (QED) is 0.547. The van der Waals surface area contributed by atoms with E-state index in [1.54, 1.807) is 24.3 Å². The van der Waals surface area contributed by atoms with Gasteiger partial charge < -0.3 is 19.3 Å². The highest BCUT2D eigenvalue weighted by Crippen LogP contribution is 2.18. The minimum atomic E-state index is -0.473. The van der Waals surface area contributed by atoms with E-state index in [1.165, 1.54) is 0 Å². The average molecular weight is 422 g/mol. The SMILES string of the molecule is Cc1ccc(NC(=O)COC(=O)Cc2ccc(OCc3c(C)noc3C)cc2)cc1C. The van der Waals surface area contributed by atoms with Crippen molar-refractivity contribution in [2.45, 2.75) is 40.7 Å². The molecule has 1 N–H and O–H groups in total. The third kappa shape index (κ3) is 6.18. The van der Waals surface area contributed by atoms with Gasteiger partial charge in [0.15, 0.2) is 6.61 Å². The molecular weight excluding hydrogens is 396 g/mol. The lowest BCUT2D eigenvalue weighted by Gasteiger charge is -2.09. The number of nitrogens with one attached hydrogen (secondary N) is 1. The number of anilines is 1. The molecule has 0 aliphatic rings. The summed E-state index contributed by atoms with van der Waals surface area (Å²) < 4.78 is 16.0. The Morgan fingerprint density at radius 3 is 2.39 bits per heavy atom. The van der Waals surface area contributed by atoms with E-state index in [4.69, 9.17) is 14.0 Å². The smallest absolute Gasteiger partial charge is 0.310 e. The van der Waals surface area contributed by atoms with E-state index in [1.807, 2.05) is 45.9 Å². The molecule has 7 nitrogen and oxygen atoms in total. The molecule has 7 heteroatoms. The lowest BCUT2D eigenvalue weighted by atomic mass is 10.1. The van der Waals surface area contributed by atoms with Crippen molar-refractivity contribution in [3.8, 4) is 5.75 Å². The van der Waals surface area contributed by atoms with Gasteiger partial charge in [-0.1, -0.05) is 23.4 Å². The summed E-state index contributed by atoms with van der Waals surface area (Å²) in [6.07, 6.45) is 0.0705.